The first-order valence-electron chi connectivity index (χ1n) is 11.8. The van der Waals surface area contributed by atoms with E-state index >= 15 is 0 Å². The van der Waals surface area contributed by atoms with E-state index in [2.05, 4.69) is 10.4 Å². The molecule has 1 aliphatic heterocycles. The normalized spacial score (nSPS) is 17.9. The number of aromatic nitrogens is 3. The summed E-state index contributed by atoms with van der Waals surface area (Å²) in [7, 11) is 0. The third-order valence-corrected chi connectivity index (χ3v) is 6.74. The van der Waals surface area contributed by atoms with E-state index in [4.69, 9.17) is 0 Å². The molecule has 2 heterocycles. The zero-order valence-electron chi connectivity index (χ0n) is 19.5. The molecule has 1 saturated heterocycles. The molecule has 1 atom stereocenters. The molecular formula is C26H29N5O3. The number of carbonyl (C=O) groups is 2. The lowest BCUT2D eigenvalue weighted by molar-refractivity contribution is -0.126. The van der Waals surface area contributed by atoms with Gasteiger partial charge in [-0.15, -0.1) is 0 Å². The number of carbonyl (C=O) groups excluding carboxylic acids is 2. The van der Waals surface area contributed by atoms with Crippen LogP contribution in [0.3, 0.4) is 0 Å². The van der Waals surface area contributed by atoms with Crippen molar-refractivity contribution in [1.82, 2.24) is 19.7 Å². The van der Waals surface area contributed by atoms with Gasteiger partial charge in [-0.1, -0.05) is 24.3 Å². The molecule has 2 aliphatic rings. The van der Waals surface area contributed by atoms with Crippen LogP contribution in [0, 0.1) is 19.8 Å². The highest BCUT2D eigenvalue weighted by atomic mass is 16.2. The van der Waals surface area contributed by atoms with Crippen LogP contribution in [0.25, 0.3) is 5.69 Å². The summed E-state index contributed by atoms with van der Waals surface area (Å²) in [5, 5.41) is 7.47. The Kier molecular flexibility index (Phi) is 5.81. The highest BCUT2D eigenvalue weighted by Crippen LogP contribution is 2.39. The fourth-order valence-electron chi connectivity index (χ4n) is 4.45. The van der Waals surface area contributed by atoms with Gasteiger partial charge in [0.25, 0.3) is 0 Å². The Hall–Kier alpha value is -3.68. The van der Waals surface area contributed by atoms with E-state index in [9.17, 15) is 14.4 Å². The molecule has 2 aromatic carbocycles. The maximum atomic E-state index is 13.0. The van der Waals surface area contributed by atoms with Gasteiger partial charge in [0.15, 0.2) is 0 Å². The monoisotopic (exact) mass is 459 g/mol. The van der Waals surface area contributed by atoms with E-state index in [1.165, 1.54) is 10.2 Å². The molecule has 1 aliphatic carbocycles. The largest absolute Gasteiger partial charge is 0.354 e. The van der Waals surface area contributed by atoms with Crippen molar-refractivity contribution < 1.29 is 9.59 Å². The summed E-state index contributed by atoms with van der Waals surface area (Å²) in [5.74, 6) is 0.472. The first kappa shape index (κ1) is 22.1. The Morgan fingerprint density at radius 1 is 1.03 bits per heavy atom. The van der Waals surface area contributed by atoms with Crippen LogP contribution in [0.5, 0.6) is 0 Å². The molecule has 0 bridgehead atoms. The van der Waals surface area contributed by atoms with Gasteiger partial charge in [-0.05, 0) is 62.1 Å². The van der Waals surface area contributed by atoms with Gasteiger partial charge in [0.2, 0.25) is 11.8 Å². The molecule has 1 N–H and O–H groups in total. The van der Waals surface area contributed by atoms with Crippen molar-refractivity contribution in [2.24, 2.45) is 5.92 Å². The van der Waals surface area contributed by atoms with Crippen molar-refractivity contribution >= 4 is 17.5 Å². The van der Waals surface area contributed by atoms with Crippen LogP contribution in [0.1, 0.15) is 42.1 Å². The van der Waals surface area contributed by atoms with Crippen LogP contribution in [0.4, 0.5) is 5.69 Å². The fraction of sp³-hybridized carbons (Fsp3) is 0.385. The summed E-state index contributed by atoms with van der Waals surface area (Å²) in [6, 6.07) is 15.4. The fourth-order valence-corrected chi connectivity index (χ4v) is 4.45. The van der Waals surface area contributed by atoms with Gasteiger partial charge >= 0.3 is 5.69 Å². The predicted molar refractivity (Wildman–Crippen MR) is 129 cm³/mol. The number of nitrogens with one attached hydrogen (secondary N) is 1. The summed E-state index contributed by atoms with van der Waals surface area (Å²) < 4.78 is 3.11. The molecule has 2 amide bonds. The van der Waals surface area contributed by atoms with Crippen LogP contribution in [-0.2, 0) is 16.1 Å². The number of rotatable bonds is 7. The first-order valence-corrected chi connectivity index (χ1v) is 11.8. The van der Waals surface area contributed by atoms with Crippen molar-refractivity contribution in [3.8, 4) is 5.69 Å². The van der Waals surface area contributed by atoms with Gasteiger partial charge in [0.1, 0.15) is 5.82 Å². The molecule has 1 saturated carbocycles. The van der Waals surface area contributed by atoms with E-state index in [0.29, 0.717) is 12.5 Å². The number of amides is 2. The lowest BCUT2D eigenvalue weighted by Gasteiger charge is -2.18. The minimum atomic E-state index is -0.408. The van der Waals surface area contributed by atoms with Gasteiger partial charge in [0, 0.05) is 31.1 Å². The third-order valence-electron chi connectivity index (χ3n) is 6.74. The molecule has 8 heteroatoms. The number of benzene rings is 2. The number of anilines is 1. The predicted octanol–water partition coefficient (Wildman–Crippen LogP) is 2.70. The highest BCUT2D eigenvalue weighted by Gasteiger charge is 2.35. The second-order valence-electron chi connectivity index (χ2n) is 9.27. The van der Waals surface area contributed by atoms with Crippen molar-refractivity contribution in [3.05, 3.63) is 76.0 Å². The number of nitrogens with zero attached hydrogens (tertiary/aromatic N) is 4. The molecule has 1 unspecified atom stereocenters. The Labute approximate surface area is 198 Å². The number of para-hydroxylation sites is 1. The van der Waals surface area contributed by atoms with Gasteiger partial charge < -0.3 is 10.2 Å². The van der Waals surface area contributed by atoms with E-state index < -0.39 is 5.92 Å². The van der Waals surface area contributed by atoms with Gasteiger partial charge in [-0.2, -0.15) is 5.10 Å². The van der Waals surface area contributed by atoms with Crippen LogP contribution in [0.15, 0.2) is 53.3 Å². The van der Waals surface area contributed by atoms with Crippen LogP contribution in [-0.4, -0.2) is 39.3 Å². The zero-order chi connectivity index (χ0) is 23.8. The van der Waals surface area contributed by atoms with Gasteiger partial charge in [0.05, 0.1) is 18.2 Å². The molecule has 176 valence electrons. The van der Waals surface area contributed by atoms with Gasteiger partial charge in [-0.25, -0.2) is 14.0 Å². The Bertz CT molecular complexity index is 1290. The number of hydrogen-bond acceptors (Lipinski definition) is 4. The zero-order valence-corrected chi connectivity index (χ0v) is 19.5. The van der Waals surface area contributed by atoms with E-state index in [1.54, 1.807) is 9.47 Å². The topological polar surface area (TPSA) is 89.2 Å². The second-order valence-corrected chi connectivity index (χ2v) is 9.27. The Balaban J connectivity index is 1.23. The summed E-state index contributed by atoms with van der Waals surface area (Å²) >= 11 is 0. The van der Waals surface area contributed by atoms with Gasteiger partial charge in [-0.3, -0.25) is 9.59 Å². The van der Waals surface area contributed by atoms with Crippen LogP contribution >= 0.6 is 0 Å². The molecule has 8 nitrogen and oxygen atoms in total. The molecule has 2 fully saturated rings. The summed E-state index contributed by atoms with van der Waals surface area (Å²) in [4.78, 5) is 40.1. The lowest BCUT2D eigenvalue weighted by atomic mass is 10.1. The van der Waals surface area contributed by atoms with Crippen molar-refractivity contribution in [2.45, 2.75) is 45.6 Å². The van der Waals surface area contributed by atoms with Crippen molar-refractivity contribution in [1.29, 1.82) is 0 Å². The number of hydrogen-bond donors (Lipinski definition) is 1. The lowest BCUT2D eigenvalue weighted by Crippen LogP contribution is -2.36. The molecule has 34 heavy (non-hydrogen) atoms. The SMILES string of the molecule is Cc1ccc(N2CC(C(=O)NCCn3nc(C4CC4)n(-c4ccccc4)c3=O)CC2=O)cc1C. The molecule has 5 rings (SSSR count). The second kappa shape index (κ2) is 8.93. The number of aryl methyl sites for hydroxylation is 2. The van der Waals surface area contributed by atoms with E-state index in [1.807, 2.05) is 62.4 Å². The summed E-state index contributed by atoms with van der Waals surface area (Å²) in [5.41, 5.74) is 3.72. The maximum Gasteiger partial charge on any atom is 0.350 e. The van der Waals surface area contributed by atoms with Crippen LogP contribution in [0.2, 0.25) is 0 Å². The Morgan fingerprint density at radius 2 is 1.79 bits per heavy atom. The average molecular weight is 460 g/mol. The molecule has 0 radical (unpaired) electrons. The molecule has 0 spiro atoms. The average Bonchev–Trinajstić information content (AvgIpc) is 3.53. The highest BCUT2D eigenvalue weighted by molar-refractivity contribution is 6.00. The quantitative estimate of drug-likeness (QED) is 0.588. The van der Waals surface area contributed by atoms with Crippen molar-refractivity contribution in [2.75, 3.05) is 18.0 Å². The minimum absolute atomic E-state index is 0.0460. The maximum absolute atomic E-state index is 13.0. The molecule has 1 aromatic heterocycles. The smallest absolute Gasteiger partial charge is 0.350 e. The molecule has 3 aromatic rings. The minimum Gasteiger partial charge on any atom is -0.354 e. The molecular weight excluding hydrogens is 430 g/mol. The van der Waals surface area contributed by atoms with E-state index in [-0.39, 0.29) is 37.0 Å². The van der Waals surface area contributed by atoms with Crippen LogP contribution < -0.4 is 15.9 Å². The van der Waals surface area contributed by atoms with E-state index in [0.717, 1.165) is 35.6 Å². The Morgan fingerprint density at radius 3 is 2.50 bits per heavy atom. The third kappa shape index (κ3) is 4.27. The first-order chi connectivity index (χ1) is 16.4. The summed E-state index contributed by atoms with van der Waals surface area (Å²) in [6.45, 7) is 4.97. The standard InChI is InChI=1S/C26H29N5O3/c1-17-8-11-22(14-18(17)2)29-16-20(15-23(29)32)25(33)27-12-13-30-26(34)31(21-6-4-3-5-7-21)24(28-30)19-9-10-19/h3-8,11,14,19-20H,9-10,12-13,15-16H2,1-2H3,(H,27,33). The summed E-state index contributed by atoms with van der Waals surface area (Å²) in [6.07, 6.45) is 2.26. The van der Waals surface area contributed by atoms with Crippen molar-refractivity contribution in [3.63, 3.8) is 0 Å².